The second-order valence-electron chi connectivity index (χ2n) is 6.11. The van der Waals surface area contributed by atoms with Crippen molar-refractivity contribution in [1.82, 2.24) is 15.0 Å². The van der Waals surface area contributed by atoms with Gasteiger partial charge >= 0.3 is 5.69 Å². The van der Waals surface area contributed by atoms with Crippen molar-refractivity contribution >= 4 is 28.5 Å². The van der Waals surface area contributed by atoms with E-state index >= 15 is 0 Å². The number of ether oxygens (including phenoxy) is 1. The molecule has 0 fully saturated rings. The van der Waals surface area contributed by atoms with Gasteiger partial charge in [-0.3, -0.25) is 24.4 Å². The van der Waals surface area contributed by atoms with Crippen LogP contribution in [-0.2, 0) is 9.59 Å². The number of carbonyl (C=O) groups excluding carboxylic acids is 2. The van der Waals surface area contributed by atoms with E-state index in [1.807, 2.05) is 6.07 Å². The number of fused-ring (bicyclic) bond motifs is 1. The smallest absolute Gasteiger partial charge is 0.327 e. The molecule has 0 atom stereocenters. The fourth-order valence-electron chi connectivity index (χ4n) is 2.85. The molecule has 3 aromatic rings. The SMILES string of the molecule is COc1ccc(-c2c(C#N)c(NC(=O)CC(C)=O)nc3[nH]c(=O)[nH]c(=O)c23)cc1. The number of carbonyl (C=O) groups is 2. The largest absolute Gasteiger partial charge is 0.497 e. The fourth-order valence-corrected chi connectivity index (χ4v) is 2.85. The number of ketones is 1. The van der Waals surface area contributed by atoms with Crippen LogP contribution < -0.4 is 21.3 Å². The first-order chi connectivity index (χ1) is 13.8. The molecule has 0 bridgehead atoms. The minimum Gasteiger partial charge on any atom is -0.497 e. The molecule has 1 aromatic carbocycles. The molecule has 0 spiro atoms. The lowest BCUT2D eigenvalue weighted by molar-refractivity contribution is -0.124. The molecular weight excluding hydrogens is 378 g/mol. The Labute approximate surface area is 163 Å². The Balaban J connectivity index is 2.34. The normalized spacial score (nSPS) is 10.4. The van der Waals surface area contributed by atoms with Gasteiger partial charge in [0.1, 0.15) is 28.8 Å². The van der Waals surface area contributed by atoms with Gasteiger partial charge in [-0.15, -0.1) is 0 Å². The van der Waals surface area contributed by atoms with Crippen LogP contribution in [-0.4, -0.2) is 33.8 Å². The number of pyridine rings is 1. The number of hydrogen-bond acceptors (Lipinski definition) is 7. The number of Topliss-reactive ketones (excluding diaryl/α,β-unsaturated/α-hetero) is 1. The number of benzene rings is 1. The topological polar surface area (TPSA) is 158 Å². The molecular formula is C19H15N5O5. The predicted octanol–water partition coefficient (Wildman–Crippen LogP) is 1.08. The van der Waals surface area contributed by atoms with Gasteiger partial charge in [-0.1, -0.05) is 12.1 Å². The Morgan fingerprint density at radius 3 is 2.48 bits per heavy atom. The van der Waals surface area contributed by atoms with Crippen molar-refractivity contribution in [2.75, 3.05) is 12.4 Å². The highest BCUT2D eigenvalue weighted by atomic mass is 16.5. The zero-order valence-corrected chi connectivity index (χ0v) is 15.5. The molecule has 3 rings (SSSR count). The van der Waals surface area contributed by atoms with Crippen LogP contribution in [0.15, 0.2) is 33.9 Å². The summed E-state index contributed by atoms with van der Waals surface area (Å²) in [5.74, 6) is -0.656. The maximum Gasteiger partial charge on any atom is 0.327 e. The van der Waals surface area contributed by atoms with Crippen LogP contribution in [0.4, 0.5) is 5.82 Å². The van der Waals surface area contributed by atoms with Crippen molar-refractivity contribution in [1.29, 1.82) is 5.26 Å². The number of methoxy groups -OCH3 is 1. The lowest BCUT2D eigenvalue weighted by Crippen LogP contribution is -2.24. The van der Waals surface area contributed by atoms with Gasteiger partial charge in [0.2, 0.25) is 5.91 Å². The summed E-state index contributed by atoms with van der Waals surface area (Å²) in [7, 11) is 1.50. The van der Waals surface area contributed by atoms with Crippen LogP contribution >= 0.6 is 0 Å². The minimum atomic E-state index is -0.790. The van der Waals surface area contributed by atoms with Gasteiger partial charge in [-0.05, 0) is 24.6 Å². The van der Waals surface area contributed by atoms with E-state index < -0.39 is 23.6 Å². The number of anilines is 1. The highest BCUT2D eigenvalue weighted by molar-refractivity contribution is 6.06. The summed E-state index contributed by atoms with van der Waals surface area (Å²) in [5, 5.41) is 12.1. The molecule has 10 nitrogen and oxygen atoms in total. The van der Waals surface area contributed by atoms with Gasteiger partial charge in [0.25, 0.3) is 5.56 Å². The standard InChI is InChI=1S/C19H15N5O5/c1-9(25)7-13(26)21-16-12(8-20)14(10-3-5-11(29-2)6-4-10)15-17(22-16)23-19(28)24-18(15)27/h3-6H,7H2,1-2H3,(H3,21,22,23,24,26,27,28). The molecule has 0 aliphatic carbocycles. The number of hydrogen-bond donors (Lipinski definition) is 3. The average Bonchev–Trinajstić information content (AvgIpc) is 2.66. The summed E-state index contributed by atoms with van der Waals surface area (Å²) >= 11 is 0. The Morgan fingerprint density at radius 2 is 1.90 bits per heavy atom. The van der Waals surface area contributed by atoms with Crippen molar-refractivity contribution in [3.05, 3.63) is 50.7 Å². The summed E-state index contributed by atoms with van der Waals surface area (Å²) in [4.78, 5) is 56.0. The number of aromatic nitrogens is 3. The summed E-state index contributed by atoms with van der Waals surface area (Å²) in [6.07, 6.45) is -0.408. The molecule has 0 aliphatic heterocycles. The first-order valence-corrected chi connectivity index (χ1v) is 8.38. The van der Waals surface area contributed by atoms with Gasteiger partial charge in [-0.25, -0.2) is 9.78 Å². The van der Waals surface area contributed by atoms with E-state index in [0.29, 0.717) is 11.3 Å². The highest BCUT2D eigenvalue weighted by Gasteiger charge is 2.21. The van der Waals surface area contributed by atoms with Crippen LogP contribution in [0.2, 0.25) is 0 Å². The molecule has 29 heavy (non-hydrogen) atoms. The summed E-state index contributed by atoms with van der Waals surface area (Å²) in [6.45, 7) is 1.25. The van der Waals surface area contributed by atoms with E-state index in [9.17, 15) is 24.4 Å². The minimum absolute atomic E-state index is 0.0177. The van der Waals surface area contributed by atoms with Crippen molar-refractivity contribution in [2.45, 2.75) is 13.3 Å². The number of H-pyrrole nitrogens is 2. The number of aromatic amines is 2. The van der Waals surface area contributed by atoms with Gasteiger partial charge in [0, 0.05) is 5.56 Å². The van der Waals surface area contributed by atoms with Gasteiger partial charge in [-0.2, -0.15) is 5.26 Å². The second-order valence-corrected chi connectivity index (χ2v) is 6.11. The van der Waals surface area contributed by atoms with Gasteiger partial charge in [0.15, 0.2) is 5.82 Å². The monoisotopic (exact) mass is 393 g/mol. The molecule has 0 saturated heterocycles. The van der Waals surface area contributed by atoms with E-state index in [2.05, 4.69) is 20.3 Å². The molecule has 0 unspecified atom stereocenters. The number of nitrogens with zero attached hydrogens (tertiary/aromatic N) is 2. The Bertz CT molecular complexity index is 1280. The summed E-state index contributed by atoms with van der Waals surface area (Å²) in [5.41, 5.74) is -1.08. The number of rotatable bonds is 5. The zero-order valence-electron chi connectivity index (χ0n) is 15.5. The molecule has 0 aliphatic rings. The maximum absolute atomic E-state index is 12.5. The van der Waals surface area contributed by atoms with E-state index in [0.717, 1.165) is 0 Å². The zero-order chi connectivity index (χ0) is 21.1. The molecule has 1 amide bonds. The van der Waals surface area contributed by atoms with E-state index in [1.54, 1.807) is 24.3 Å². The highest BCUT2D eigenvalue weighted by Crippen LogP contribution is 2.33. The van der Waals surface area contributed by atoms with Crippen LogP contribution in [0.25, 0.3) is 22.2 Å². The third kappa shape index (κ3) is 3.89. The first kappa shape index (κ1) is 19.5. The third-order valence-electron chi connectivity index (χ3n) is 4.04. The predicted molar refractivity (Wildman–Crippen MR) is 104 cm³/mol. The second kappa shape index (κ2) is 7.77. The molecule has 2 aromatic heterocycles. The van der Waals surface area contributed by atoms with Crippen molar-refractivity contribution in [3.63, 3.8) is 0 Å². The number of nitriles is 1. The summed E-state index contributed by atoms with van der Waals surface area (Å²) in [6, 6.07) is 8.47. The third-order valence-corrected chi connectivity index (χ3v) is 4.04. The molecule has 3 N–H and O–H groups in total. The number of amides is 1. The quantitative estimate of drug-likeness (QED) is 0.547. The lowest BCUT2D eigenvalue weighted by atomic mass is 9.97. The van der Waals surface area contributed by atoms with Crippen LogP contribution in [0.5, 0.6) is 5.75 Å². The van der Waals surface area contributed by atoms with Crippen molar-refractivity contribution in [2.24, 2.45) is 0 Å². The molecule has 2 heterocycles. The molecule has 0 radical (unpaired) electrons. The van der Waals surface area contributed by atoms with Crippen LogP contribution in [0.1, 0.15) is 18.9 Å². The first-order valence-electron chi connectivity index (χ1n) is 8.38. The lowest BCUT2D eigenvalue weighted by Gasteiger charge is -2.13. The summed E-state index contributed by atoms with van der Waals surface area (Å²) < 4.78 is 5.12. The maximum atomic E-state index is 12.5. The van der Waals surface area contributed by atoms with Gasteiger partial charge in [0.05, 0.1) is 18.9 Å². The van der Waals surface area contributed by atoms with E-state index in [4.69, 9.17) is 4.74 Å². The Morgan fingerprint density at radius 1 is 1.21 bits per heavy atom. The molecule has 146 valence electrons. The van der Waals surface area contributed by atoms with Crippen LogP contribution in [0.3, 0.4) is 0 Å². The Kier molecular flexibility index (Phi) is 5.23. The average molecular weight is 393 g/mol. The van der Waals surface area contributed by atoms with Crippen molar-refractivity contribution in [3.8, 4) is 22.9 Å². The van der Waals surface area contributed by atoms with E-state index in [-0.39, 0.29) is 33.8 Å². The molecule has 10 heteroatoms. The van der Waals surface area contributed by atoms with Crippen LogP contribution in [0, 0.1) is 11.3 Å². The molecule has 0 saturated carbocycles. The van der Waals surface area contributed by atoms with Crippen molar-refractivity contribution < 1.29 is 14.3 Å². The van der Waals surface area contributed by atoms with Gasteiger partial charge < -0.3 is 10.1 Å². The van der Waals surface area contributed by atoms with E-state index in [1.165, 1.54) is 14.0 Å². The Hall–Kier alpha value is -4.26. The fraction of sp³-hybridized carbons (Fsp3) is 0.158. The number of nitrogens with one attached hydrogen (secondary N) is 3.